The van der Waals surface area contributed by atoms with Gasteiger partial charge >= 0.3 is 6.18 Å². The number of nitrogens with zero attached hydrogens (tertiary/aromatic N) is 3. The van der Waals surface area contributed by atoms with Gasteiger partial charge in [0.15, 0.2) is 5.82 Å². The van der Waals surface area contributed by atoms with E-state index in [1.54, 1.807) is 18.5 Å². The Kier molecular flexibility index (Phi) is 4.87. The summed E-state index contributed by atoms with van der Waals surface area (Å²) in [7, 11) is 1.75. The summed E-state index contributed by atoms with van der Waals surface area (Å²) in [5.41, 5.74) is -0.545. The molecule has 0 radical (unpaired) electrons. The molecule has 2 N–H and O–H groups in total. The molecule has 1 aromatic carbocycles. The van der Waals surface area contributed by atoms with E-state index >= 15 is 0 Å². The molecular formula is C14H16F3N5O. The number of carbonyl (C=O) groups excluding carboxylic acids is 1. The molecule has 2 aromatic rings. The Morgan fingerprint density at radius 3 is 2.74 bits per heavy atom. The lowest BCUT2D eigenvalue weighted by Crippen LogP contribution is -2.33. The van der Waals surface area contributed by atoms with Gasteiger partial charge in [0.25, 0.3) is 0 Å². The summed E-state index contributed by atoms with van der Waals surface area (Å²) in [6.07, 6.45) is -2.90. The van der Waals surface area contributed by atoms with Crippen molar-refractivity contribution < 1.29 is 18.0 Å². The lowest BCUT2D eigenvalue weighted by atomic mass is 10.2. The predicted molar refractivity (Wildman–Crippen MR) is 77.5 cm³/mol. The number of anilines is 1. The van der Waals surface area contributed by atoms with Crippen LogP contribution in [-0.2, 0) is 18.0 Å². The van der Waals surface area contributed by atoms with Crippen molar-refractivity contribution in [2.45, 2.75) is 19.1 Å². The molecule has 0 saturated heterocycles. The van der Waals surface area contributed by atoms with E-state index < -0.39 is 11.7 Å². The minimum Gasteiger partial charge on any atom is -0.376 e. The fourth-order valence-corrected chi connectivity index (χ4v) is 2.03. The first-order valence-corrected chi connectivity index (χ1v) is 6.82. The van der Waals surface area contributed by atoms with Crippen LogP contribution in [0.15, 0.2) is 30.6 Å². The highest BCUT2D eigenvalue weighted by molar-refractivity contribution is 5.81. The number of hydrogen-bond acceptors (Lipinski definition) is 4. The van der Waals surface area contributed by atoms with Crippen molar-refractivity contribution in [1.82, 2.24) is 20.1 Å². The SMILES string of the molecule is CC(NC(=O)CNc1cccc(C(F)(F)F)c1)c1nncn1C. The first-order valence-electron chi connectivity index (χ1n) is 6.82. The molecule has 1 heterocycles. The molecule has 0 aliphatic carbocycles. The number of aryl methyl sites for hydroxylation is 1. The van der Waals surface area contributed by atoms with Crippen molar-refractivity contribution in [1.29, 1.82) is 0 Å². The highest BCUT2D eigenvalue weighted by Gasteiger charge is 2.30. The maximum absolute atomic E-state index is 12.6. The average Bonchev–Trinajstić information content (AvgIpc) is 2.91. The number of carbonyl (C=O) groups is 1. The third-order valence-electron chi connectivity index (χ3n) is 3.15. The van der Waals surface area contributed by atoms with Crippen LogP contribution >= 0.6 is 0 Å². The van der Waals surface area contributed by atoms with Gasteiger partial charge in [0.2, 0.25) is 5.91 Å². The van der Waals surface area contributed by atoms with Crippen molar-refractivity contribution in [2.24, 2.45) is 7.05 Å². The van der Waals surface area contributed by atoms with Gasteiger partial charge in [-0.25, -0.2) is 0 Å². The van der Waals surface area contributed by atoms with E-state index in [2.05, 4.69) is 20.8 Å². The fourth-order valence-electron chi connectivity index (χ4n) is 2.03. The van der Waals surface area contributed by atoms with E-state index in [4.69, 9.17) is 0 Å². The zero-order valence-electron chi connectivity index (χ0n) is 12.6. The van der Waals surface area contributed by atoms with Gasteiger partial charge in [-0.2, -0.15) is 13.2 Å². The van der Waals surface area contributed by atoms with Crippen LogP contribution in [0.25, 0.3) is 0 Å². The molecule has 1 amide bonds. The van der Waals surface area contributed by atoms with E-state index in [0.29, 0.717) is 5.82 Å². The van der Waals surface area contributed by atoms with E-state index in [-0.39, 0.29) is 24.2 Å². The summed E-state index contributed by atoms with van der Waals surface area (Å²) < 4.78 is 39.5. The number of alkyl halides is 3. The molecule has 0 aliphatic heterocycles. The molecule has 0 saturated carbocycles. The van der Waals surface area contributed by atoms with Gasteiger partial charge in [0, 0.05) is 12.7 Å². The monoisotopic (exact) mass is 327 g/mol. The third-order valence-corrected chi connectivity index (χ3v) is 3.15. The highest BCUT2D eigenvalue weighted by Crippen LogP contribution is 2.30. The van der Waals surface area contributed by atoms with Crippen LogP contribution in [0.1, 0.15) is 24.4 Å². The quantitative estimate of drug-likeness (QED) is 0.882. The maximum Gasteiger partial charge on any atom is 0.416 e. The molecule has 2 rings (SSSR count). The third kappa shape index (κ3) is 4.44. The van der Waals surface area contributed by atoms with E-state index in [1.165, 1.54) is 18.5 Å². The molecule has 9 heteroatoms. The molecule has 1 aromatic heterocycles. The average molecular weight is 327 g/mol. The second-order valence-corrected chi connectivity index (χ2v) is 5.02. The number of rotatable bonds is 5. The molecule has 0 bridgehead atoms. The number of amides is 1. The van der Waals surface area contributed by atoms with Crippen LogP contribution in [0, 0.1) is 0 Å². The number of hydrogen-bond donors (Lipinski definition) is 2. The van der Waals surface area contributed by atoms with Gasteiger partial charge in [-0.05, 0) is 25.1 Å². The van der Waals surface area contributed by atoms with Gasteiger partial charge in [-0.1, -0.05) is 6.07 Å². The Morgan fingerprint density at radius 1 is 1.39 bits per heavy atom. The molecule has 23 heavy (non-hydrogen) atoms. The fraction of sp³-hybridized carbons (Fsp3) is 0.357. The largest absolute Gasteiger partial charge is 0.416 e. The highest BCUT2D eigenvalue weighted by atomic mass is 19.4. The molecule has 6 nitrogen and oxygen atoms in total. The van der Waals surface area contributed by atoms with Crippen molar-refractivity contribution in [2.75, 3.05) is 11.9 Å². The molecule has 124 valence electrons. The lowest BCUT2D eigenvalue weighted by Gasteiger charge is -2.14. The van der Waals surface area contributed by atoms with Crippen LogP contribution in [0.4, 0.5) is 18.9 Å². The molecule has 0 spiro atoms. The summed E-state index contributed by atoms with van der Waals surface area (Å²) in [4.78, 5) is 11.9. The Balaban J connectivity index is 1.91. The second kappa shape index (κ2) is 6.67. The van der Waals surface area contributed by atoms with Crippen molar-refractivity contribution in [3.05, 3.63) is 42.0 Å². The second-order valence-electron chi connectivity index (χ2n) is 5.02. The van der Waals surface area contributed by atoms with Crippen LogP contribution in [-0.4, -0.2) is 27.2 Å². The van der Waals surface area contributed by atoms with Crippen molar-refractivity contribution in [3.8, 4) is 0 Å². The Bertz CT molecular complexity index is 683. The smallest absolute Gasteiger partial charge is 0.376 e. The summed E-state index contributed by atoms with van der Waals surface area (Å²) in [6.45, 7) is 1.59. The summed E-state index contributed by atoms with van der Waals surface area (Å²) in [5, 5.41) is 13.0. The van der Waals surface area contributed by atoms with Gasteiger partial charge in [-0.3, -0.25) is 4.79 Å². The molecular weight excluding hydrogens is 311 g/mol. The van der Waals surface area contributed by atoms with Gasteiger partial charge in [0.1, 0.15) is 6.33 Å². The van der Waals surface area contributed by atoms with Crippen LogP contribution in [0.2, 0.25) is 0 Å². The summed E-state index contributed by atoms with van der Waals surface area (Å²) >= 11 is 0. The standard InChI is InChI=1S/C14H16F3N5O/c1-9(13-21-19-8-22(13)2)20-12(23)7-18-11-5-3-4-10(6-11)14(15,16)17/h3-6,8-9,18H,7H2,1-2H3,(H,20,23). The summed E-state index contributed by atoms with van der Waals surface area (Å²) in [5.74, 6) is 0.218. The number of benzene rings is 1. The molecule has 1 unspecified atom stereocenters. The van der Waals surface area contributed by atoms with Gasteiger partial charge in [0.05, 0.1) is 18.2 Å². The molecule has 1 atom stereocenters. The number of halogens is 3. The first kappa shape index (κ1) is 16.8. The van der Waals surface area contributed by atoms with Crippen molar-refractivity contribution >= 4 is 11.6 Å². The number of aromatic nitrogens is 3. The first-order chi connectivity index (χ1) is 10.8. The van der Waals surface area contributed by atoms with Crippen molar-refractivity contribution in [3.63, 3.8) is 0 Å². The van der Waals surface area contributed by atoms with E-state index in [0.717, 1.165) is 12.1 Å². The van der Waals surface area contributed by atoms with Crippen LogP contribution in [0.3, 0.4) is 0 Å². The lowest BCUT2D eigenvalue weighted by molar-refractivity contribution is -0.137. The normalized spacial score (nSPS) is 12.7. The maximum atomic E-state index is 12.6. The minimum atomic E-state index is -4.42. The summed E-state index contributed by atoms with van der Waals surface area (Å²) in [6, 6.07) is 4.32. The Morgan fingerprint density at radius 2 is 2.13 bits per heavy atom. The Hall–Kier alpha value is -2.58. The minimum absolute atomic E-state index is 0.149. The van der Waals surface area contributed by atoms with Crippen LogP contribution in [0.5, 0.6) is 0 Å². The zero-order valence-corrected chi connectivity index (χ0v) is 12.6. The Labute approximate surface area is 130 Å². The molecule has 0 fully saturated rings. The zero-order chi connectivity index (χ0) is 17.0. The topological polar surface area (TPSA) is 71.8 Å². The van der Waals surface area contributed by atoms with Crippen LogP contribution < -0.4 is 10.6 Å². The van der Waals surface area contributed by atoms with Gasteiger partial charge < -0.3 is 15.2 Å². The number of nitrogens with one attached hydrogen (secondary N) is 2. The molecule has 0 aliphatic rings. The van der Waals surface area contributed by atoms with E-state index in [9.17, 15) is 18.0 Å². The van der Waals surface area contributed by atoms with Gasteiger partial charge in [-0.15, -0.1) is 10.2 Å². The predicted octanol–water partition coefficient (Wildman–Crippen LogP) is 2.12. The van der Waals surface area contributed by atoms with E-state index in [1.807, 2.05) is 0 Å².